The Morgan fingerprint density at radius 1 is 1.40 bits per heavy atom. The highest BCUT2D eigenvalue weighted by Crippen LogP contribution is 2.19. The van der Waals surface area contributed by atoms with Gasteiger partial charge in [-0.1, -0.05) is 13.8 Å². The van der Waals surface area contributed by atoms with Gasteiger partial charge < -0.3 is 5.32 Å². The lowest BCUT2D eigenvalue weighted by molar-refractivity contribution is -0.121. The van der Waals surface area contributed by atoms with E-state index in [1.165, 1.54) is 0 Å². The van der Waals surface area contributed by atoms with Crippen molar-refractivity contribution >= 4 is 25.8 Å². The van der Waals surface area contributed by atoms with E-state index in [0.29, 0.717) is 6.54 Å². The second-order valence-corrected chi connectivity index (χ2v) is 9.73. The number of nitrogens with zero attached hydrogens (tertiary/aromatic N) is 1. The molecule has 0 aliphatic carbocycles. The summed E-state index contributed by atoms with van der Waals surface area (Å²) in [7, 11) is -6.82. The lowest BCUT2D eigenvalue weighted by Gasteiger charge is -2.25. The molecule has 1 N–H and O–H groups in total. The summed E-state index contributed by atoms with van der Waals surface area (Å²) < 4.78 is 47.4. The summed E-state index contributed by atoms with van der Waals surface area (Å²) in [6, 6.07) is -0.639. The first-order valence-corrected chi connectivity index (χ1v) is 10.1. The lowest BCUT2D eigenvalue weighted by atomic mass is 10.2. The molecule has 1 aliphatic heterocycles. The van der Waals surface area contributed by atoms with Crippen LogP contribution in [0.25, 0.3) is 0 Å². The van der Waals surface area contributed by atoms with Crippen LogP contribution >= 0.6 is 0 Å². The van der Waals surface area contributed by atoms with Crippen LogP contribution in [0.4, 0.5) is 0 Å². The van der Waals surface area contributed by atoms with Crippen LogP contribution in [0.3, 0.4) is 0 Å². The van der Waals surface area contributed by atoms with Crippen molar-refractivity contribution in [3.05, 3.63) is 0 Å². The highest BCUT2D eigenvalue weighted by atomic mass is 32.2. The Kier molecular flexibility index (Phi) is 5.56. The second kappa shape index (κ2) is 6.40. The SMILES string of the molecule is CC(C)CNC(=O)CN(C1CCS(=O)(=O)C1)S(C)(=O)=O. The fourth-order valence-electron chi connectivity index (χ4n) is 2.04. The predicted octanol–water partition coefficient (Wildman–Crippen LogP) is -0.793. The number of rotatable bonds is 6. The van der Waals surface area contributed by atoms with Gasteiger partial charge in [0, 0.05) is 12.6 Å². The van der Waals surface area contributed by atoms with Crippen molar-refractivity contribution in [3.63, 3.8) is 0 Å². The minimum absolute atomic E-state index is 0.0305. The Hall–Kier alpha value is -0.670. The number of carbonyl (C=O) groups excluding carboxylic acids is 1. The summed E-state index contributed by atoms with van der Waals surface area (Å²) in [6.07, 6.45) is 1.24. The molecule has 1 amide bonds. The zero-order valence-electron chi connectivity index (χ0n) is 12.0. The monoisotopic (exact) mass is 326 g/mol. The Labute approximate surface area is 120 Å². The fourth-order valence-corrected chi connectivity index (χ4v) is 4.93. The van der Waals surface area contributed by atoms with Gasteiger partial charge in [-0.3, -0.25) is 4.79 Å². The molecule has 118 valence electrons. The first kappa shape index (κ1) is 17.4. The summed E-state index contributed by atoms with van der Waals surface area (Å²) in [4.78, 5) is 11.8. The van der Waals surface area contributed by atoms with Crippen molar-refractivity contribution in [1.82, 2.24) is 9.62 Å². The van der Waals surface area contributed by atoms with Gasteiger partial charge in [0.25, 0.3) is 0 Å². The van der Waals surface area contributed by atoms with E-state index >= 15 is 0 Å². The van der Waals surface area contributed by atoms with Crippen LogP contribution in [-0.2, 0) is 24.7 Å². The van der Waals surface area contributed by atoms with Crippen molar-refractivity contribution in [2.24, 2.45) is 5.92 Å². The topological polar surface area (TPSA) is 101 Å². The quantitative estimate of drug-likeness (QED) is 0.689. The van der Waals surface area contributed by atoms with E-state index in [1.807, 2.05) is 13.8 Å². The van der Waals surface area contributed by atoms with Crippen molar-refractivity contribution in [2.45, 2.75) is 26.3 Å². The normalized spacial score (nSPS) is 22.4. The third-order valence-electron chi connectivity index (χ3n) is 3.05. The largest absolute Gasteiger partial charge is 0.355 e. The smallest absolute Gasteiger partial charge is 0.235 e. The van der Waals surface area contributed by atoms with Gasteiger partial charge in [0.2, 0.25) is 15.9 Å². The zero-order valence-corrected chi connectivity index (χ0v) is 13.6. The number of sulfone groups is 1. The first-order chi connectivity index (χ1) is 9.01. The van der Waals surface area contributed by atoms with Crippen LogP contribution in [0.5, 0.6) is 0 Å². The molecule has 0 radical (unpaired) electrons. The molecule has 1 fully saturated rings. The van der Waals surface area contributed by atoms with Crippen LogP contribution < -0.4 is 5.32 Å². The van der Waals surface area contributed by atoms with E-state index < -0.39 is 31.8 Å². The summed E-state index contributed by atoms with van der Waals surface area (Å²) in [5.74, 6) is -0.389. The van der Waals surface area contributed by atoms with Crippen LogP contribution in [0.2, 0.25) is 0 Å². The van der Waals surface area contributed by atoms with Gasteiger partial charge in [-0.25, -0.2) is 16.8 Å². The molecule has 0 aromatic carbocycles. The average molecular weight is 326 g/mol. The molecule has 1 heterocycles. The molecule has 20 heavy (non-hydrogen) atoms. The van der Waals surface area contributed by atoms with Gasteiger partial charge in [0.15, 0.2) is 9.84 Å². The molecule has 7 nitrogen and oxygen atoms in total. The van der Waals surface area contributed by atoms with Crippen LogP contribution in [0.1, 0.15) is 20.3 Å². The van der Waals surface area contributed by atoms with Gasteiger partial charge in [0.05, 0.1) is 24.3 Å². The zero-order chi connectivity index (χ0) is 15.6. The third kappa shape index (κ3) is 5.37. The van der Waals surface area contributed by atoms with E-state index in [2.05, 4.69) is 5.32 Å². The Morgan fingerprint density at radius 3 is 2.40 bits per heavy atom. The molecule has 0 aromatic heterocycles. The molecular weight excluding hydrogens is 304 g/mol. The van der Waals surface area contributed by atoms with Crippen LogP contribution in [-0.4, -0.2) is 63.9 Å². The van der Waals surface area contributed by atoms with Crippen LogP contribution in [0, 0.1) is 5.92 Å². The average Bonchev–Trinajstić information content (AvgIpc) is 2.61. The predicted molar refractivity (Wildman–Crippen MR) is 76.5 cm³/mol. The van der Waals surface area contributed by atoms with Crippen molar-refractivity contribution in [2.75, 3.05) is 30.9 Å². The molecule has 1 saturated heterocycles. The summed E-state index contributed by atoms with van der Waals surface area (Å²) in [5.41, 5.74) is 0. The molecule has 1 rings (SSSR count). The minimum Gasteiger partial charge on any atom is -0.355 e. The number of hydrogen-bond donors (Lipinski definition) is 1. The molecule has 9 heteroatoms. The van der Waals surface area contributed by atoms with E-state index in [4.69, 9.17) is 0 Å². The molecule has 0 bridgehead atoms. The fraction of sp³-hybridized carbons (Fsp3) is 0.909. The summed E-state index contributed by atoms with van der Waals surface area (Å²) in [6.45, 7) is 3.99. The van der Waals surface area contributed by atoms with Gasteiger partial charge in [-0.2, -0.15) is 4.31 Å². The van der Waals surface area contributed by atoms with Crippen molar-refractivity contribution in [1.29, 1.82) is 0 Å². The summed E-state index contributed by atoms with van der Waals surface area (Å²) in [5, 5.41) is 2.63. The van der Waals surface area contributed by atoms with Gasteiger partial charge >= 0.3 is 0 Å². The maximum atomic E-state index is 11.8. The molecule has 1 aliphatic rings. The van der Waals surface area contributed by atoms with Crippen molar-refractivity contribution in [3.8, 4) is 0 Å². The Balaban J connectivity index is 2.75. The summed E-state index contributed by atoms with van der Waals surface area (Å²) >= 11 is 0. The number of hydrogen-bond acceptors (Lipinski definition) is 5. The Bertz CT molecular complexity index is 553. The van der Waals surface area contributed by atoms with E-state index in [9.17, 15) is 21.6 Å². The van der Waals surface area contributed by atoms with Gasteiger partial charge in [-0.15, -0.1) is 0 Å². The molecule has 1 atom stereocenters. The number of sulfonamides is 1. The van der Waals surface area contributed by atoms with E-state index in [0.717, 1.165) is 10.6 Å². The minimum atomic E-state index is -3.62. The van der Waals surface area contributed by atoms with E-state index in [-0.39, 0.29) is 30.4 Å². The third-order valence-corrected chi connectivity index (χ3v) is 6.08. The Morgan fingerprint density at radius 2 is 2.00 bits per heavy atom. The maximum Gasteiger partial charge on any atom is 0.235 e. The second-order valence-electron chi connectivity index (χ2n) is 5.56. The molecular formula is C11H22N2O5S2. The molecule has 0 aromatic rings. The van der Waals surface area contributed by atoms with Gasteiger partial charge in [-0.05, 0) is 12.3 Å². The maximum absolute atomic E-state index is 11.8. The molecule has 0 saturated carbocycles. The first-order valence-electron chi connectivity index (χ1n) is 6.45. The highest BCUT2D eigenvalue weighted by molar-refractivity contribution is 7.92. The molecule has 1 unspecified atom stereocenters. The highest BCUT2D eigenvalue weighted by Gasteiger charge is 2.37. The standard InChI is InChI=1S/C11H22N2O5S2/c1-9(2)6-12-11(14)7-13(19(3,15)16)10-4-5-20(17,18)8-10/h9-10H,4-8H2,1-3H3,(H,12,14). The lowest BCUT2D eigenvalue weighted by Crippen LogP contribution is -2.46. The molecule has 0 spiro atoms. The van der Waals surface area contributed by atoms with Crippen molar-refractivity contribution < 1.29 is 21.6 Å². The number of carbonyl (C=O) groups is 1. The van der Waals surface area contributed by atoms with Crippen LogP contribution in [0.15, 0.2) is 0 Å². The van der Waals surface area contributed by atoms with Gasteiger partial charge in [0.1, 0.15) is 0 Å². The van der Waals surface area contributed by atoms with E-state index in [1.54, 1.807) is 0 Å². The number of amides is 1. The number of nitrogens with one attached hydrogen (secondary N) is 1.